The molecule has 5 nitrogen and oxygen atoms in total. The van der Waals surface area contributed by atoms with Crippen molar-refractivity contribution in [3.8, 4) is 5.82 Å². The first-order valence-electron chi connectivity index (χ1n) is 9.16. The molecule has 0 aliphatic rings. The Morgan fingerprint density at radius 2 is 1.76 bits per heavy atom. The number of nitrogens with zero attached hydrogens (tertiary/aromatic N) is 3. The Balaban J connectivity index is 1.83. The number of pyridine rings is 1. The van der Waals surface area contributed by atoms with Crippen molar-refractivity contribution in [2.75, 3.05) is 0 Å². The molecule has 0 radical (unpaired) electrons. The highest BCUT2D eigenvalue weighted by Crippen LogP contribution is 2.30. The molecule has 1 aromatic carbocycles. The Morgan fingerprint density at radius 1 is 1.07 bits per heavy atom. The van der Waals surface area contributed by atoms with Gasteiger partial charge in [-0.3, -0.25) is 4.79 Å². The van der Waals surface area contributed by atoms with Crippen LogP contribution in [-0.4, -0.2) is 20.7 Å². The summed E-state index contributed by atoms with van der Waals surface area (Å²) >= 11 is 0. The van der Waals surface area contributed by atoms with Crippen LogP contribution in [0.1, 0.15) is 59.9 Å². The SMILES string of the molecule is CC(C)c1c(C(=O)NC(C)c2ccc(C(F)(F)F)cc2)cnn1-c1ccccn1. The molecule has 8 heteroatoms. The van der Waals surface area contributed by atoms with Gasteiger partial charge in [0, 0.05) is 6.20 Å². The van der Waals surface area contributed by atoms with Crippen LogP contribution in [0.4, 0.5) is 13.2 Å². The molecule has 0 spiro atoms. The van der Waals surface area contributed by atoms with Crippen LogP contribution in [0.2, 0.25) is 0 Å². The number of carbonyl (C=O) groups excluding carboxylic acids is 1. The summed E-state index contributed by atoms with van der Waals surface area (Å²) in [5.41, 5.74) is 0.971. The third-order valence-electron chi connectivity index (χ3n) is 4.55. The van der Waals surface area contributed by atoms with Crippen molar-refractivity contribution in [2.45, 2.75) is 38.9 Å². The van der Waals surface area contributed by atoms with Crippen LogP contribution in [0.3, 0.4) is 0 Å². The van der Waals surface area contributed by atoms with Gasteiger partial charge in [-0.1, -0.05) is 32.0 Å². The van der Waals surface area contributed by atoms with Gasteiger partial charge in [-0.2, -0.15) is 18.3 Å². The first kappa shape index (κ1) is 20.6. The molecule has 1 atom stereocenters. The first-order valence-corrected chi connectivity index (χ1v) is 9.16. The summed E-state index contributed by atoms with van der Waals surface area (Å²) in [5.74, 6) is 0.260. The second-order valence-electron chi connectivity index (χ2n) is 7.01. The van der Waals surface area contributed by atoms with E-state index in [-0.39, 0.29) is 11.8 Å². The summed E-state index contributed by atoms with van der Waals surface area (Å²) in [4.78, 5) is 17.1. The summed E-state index contributed by atoms with van der Waals surface area (Å²) in [5, 5.41) is 7.15. The lowest BCUT2D eigenvalue weighted by atomic mass is 10.0. The molecule has 2 heterocycles. The quantitative estimate of drug-likeness (QED) is 0.660. The lowest BCUT2D eigenvalue weighted by Crippen LogP contribution is -2.27. The topological polar surface area (TPSA) is 59.8 Å². The molecule has 0 aliphatic carbocycles. The zero-order valence-electron chi connectivity index (χ0n) is 16.2. The maximum Gasteiger partial charge on any atom is 0.416 e. The average molecular weight is 402 g/mol. The Morgan fingerprint density at radius 3 is 2.31 bits per heavy atom. The molecule has 152 valence electrons. The van der Waals surface area contributed by atoms with E-state index in [0.717, 1.165) is 12.1 Å². The van der Waals surface area contributed by atoms with Gasteiger partial charge in [0.25, 0.3) is 5.91 Å². The van der Waals surface area contributed by atoms with Crippen molar-refractivity contribution in [1.82, 2.24) is 20.1 Å². The van der Waals surface area contributed by atoms with E-state index in [9.17, 15) is 18.0 Å². The van der Waals surface area contributed by atoms with Crippen LogP contribution < -0.4 is 5.32 Å². The van der Waals surface area contributed by atoms with Crippen LogP contribution in [0.15, 0.2) is 54.9 Å². The molecule has 0 aliphatic heterocycles. The lowest BCUT2D eigenvalue weighted by molar-refractivity contribution is -0.137. The summed E-state index contributed by atoms with van der Waals surface area (Å²) in [6, 6.07) is 9.71. The first-order chi connectivity index (χ1) is 13.7. The lowest BCUT2D eigenvalue weighted by Gasteiger charge is -2.17. The smallest absolute Gasteiger partial charge is 0.345 e. The minimum Gasteiger partial charge on any atom is -0.345 e. The van der Waals surface area contributed by atoms with Crippen LogP contribution >= 0.6 is 0 Å². The van der Waals surface area contributed by atoms with Crippen molar-refractivity contribution in [3.63, 3.8) is 0 Å². The second kappa shape index (κ2) is 8.06. The predicted molar refractivity (Wildman–Crippen MR) is 103 cm³/mol. The number of benzene rings is 1. The van der Waals surface area contributed by atoms with Gasteiger partial charge in [0.2, 0.25) is 0 Å². The fourth-order valence-corrected chi connectivity index (χ4v) is 3.07. The zero-order valence-corrected chi connectivity index (χ0v) is 16.2. The highest BCUT2D eigenvalue weighted by atomic mass is 19.4. The van der Waals surface area contributed by atoms with E-state index in [2.05, 4.69) is 15.4 Å². The Bertz CT molecular complexity index is 979. The molecule has 1 amide bonds. The number of amides is 1. The molecule has 0 fully saturated rings. The maximum absolute atomic E-state index is 12.9. The Hall–Kier alpha value is -3.16. The van der Waals surface area contributed by atoms with E-state index < -0.39 is 17.8 Å². The molecular formula is C21H21F3N4O. The molecule has 3 aromatic rings. The number of alkyl halides is 3. The van der Waals surface area contributed by atoms with Gasteiger partial charge in [-0.25, -0.2) is 9.67 Å². The monoisotopic (exact) mass is 402 g/mol. The van der Waals surface area contributed by atoms with E-state index in [0.29, 0.717) is 22.6 Å². The van der Waals surface area contributed by atoms with E-state index in [4.69, 9.17) is 0 Å². The van der Waals surface area contributed by atoms with Crippen LogP contribution in [0.25, 0.3) is 5.82 Å². The highest BCUT2D eigenvalue weighted by molar-refractivity contribution is 5.95. The molecule has 1 unspecified atom stereocenters. The number of halogens is 3. The van der Waals surface area contributed by atoms with Gasteiger partial charge in [0.15, 0.2) is 5.82 Å². The summed E-state index contributed by atoms with van der Waals surface area (Å²) in [6.07, 6.45) is -1.26. The largest absolute Gasteiger partial charge is 0.416 e. The fourth-order valence-electron chi connectivity index (χ4n) is 3.07. The molecule has 0 bridgehead atoms. The number of rotatable bonds is 5. The molecule has 0 saturated carbocycles. The van der Waals surface area contributed by atoms with Gasteiger partial charge in [0.1, 0.15) is 0 Å². The molecule has 1 N–H and O–H groups in total. The van der Waals surface area contributed by atoms with Crippen molar-refractivity contribution in [2.24, 2.45) is 0 Å². The van der Waals surface area contributed by atoms with Crippen LogP contribution in [0.5, 0.6) is 0 Å². The van der Waals surface area contributed by atoms with Crippen molar-refractivity contribution in [3.05, 3.63) is 77.2 Å². The summed E-state index contributed by atoms with van der Waals surface area (Å²) < 4.78 is 39.8. The van der Waals surface area contributed by atoms with Gasteiger partial charge in [-0.05, 0) is 42.7 Å². The van der Waals surface area contributed by atoms with E-state index in [1.165, 1.54) is 18.3 Å². The molecule has 29 heavy (non-hydrogen) atoms. The number of carbonyl (C=O) groups is 1. The third kappa shape index (κ3) is 4.47. The fraction of sp³-hybridized carbons (Fsp3) is 0.286. The van der Waals surface area contributed by atoms with Gasteiger partial charge in [0.05, 0.1) is 29.1 Å². The molecule has 2 aromatic heterocycles. The number of hydrogen-bond donors (Lipinski definition) is 1. The minimum absolute atomic E-state index is 0.00151. The van der Waals surface area contributed by atoms with Crippen molar-refractivity contribution < 1.29 is 18.0 Å². The van der Waals surface area contributed by atoms with Gasteiger partial charge in [-0.15, -0.1) is 0 Å². The highest BCUT2D eigenvalue weighted by Gasteiger charge is 2.30. The number of hydrogen-bond acceptors (Lipinski definition) is 3. The van der Waals surface area contributed by atoms with E-state index >= 15 is 0 Å². The predicted octanol–water partition coefficient (Wildman–Crippen LogP) is 4.90. The maximum atomic E-state index is 12.9. The Kier molecular flexibility index (Phi) is 5.72. The minimum atomic E-state index is -4.39. The zero-order chi connectivity index (χ0) is 21.2. The normalized spacial score (nSPS) is 12.8. The van der Waals surface area contributed by atoms with Crippen molar-refractivity contribution >= 4 is 5.91 Å². The van der Waals surface area contributed by atoms with Gasteiger partial charge < -0.3 is 5.32 Å². The Labute approximate surface area is 166 Å². The average Bonchev–Trinajstić information content (AvgIpc) is 3.13. The standard InChI is InChI=1S/C21H21F3N4O/c1-13(2)19-17(12-26-28(19)18-6-4-5-11-25-18)20(29)27-14(3)15-7-9-16(10-8-15)21(22,23)24/h4-14H,1-3H3,(H,27,29). The molecule has 0 saturated heterocycles. The van der Waals surface area contributed by atoms with E-state index in [1.54, 1.807) is 29.9 Å². The number of nitrogens with one attached hydrogen (secondary N) is 1. The second-order valence-corrected chi connectivity index (χ2v) is 7.01. The van der Waals surface area contributed by atoms with Crippen molar-refractivity contribution in [1.29, 1.82) is 0 Å². The molecular weight excluding hydrogens is 381 g/mol. The third-order valence-corrected chi connectivity index (χ3v) is 4.55. The van der Waals surface area contributed by atoms with Crippen LogP contribution in [0, 0.1) is 0 Å². The van der Waals surface area contributed by atoms with Crippen LogP contribution in [-0.2, 0) is 6.18 Å². The summed E-state index contributed by atoms with van der Waals surface area (Å²) in [6.45, 7) is 5.62. The number of aromatic nitrogens is 3. The summed E-state index contributed by atoms with van der Waals surface area (Å²) in [7, 11) is 0. The van der Waals surface area contributed by atoms with E-state index in [1.807, 2.05) is 19.9 Å². The molecule has 3 rings (SSSR count). The van der Waals surface area contributed by atoms with Gasteiger partial charge >= 0.3 is 6.18 Å².